The summed E-state index contributed by atoms with van der Waals surface area (Å²) in [6.45, 7) is 7.49. The summed E-state index contributed by atoms with van der Waals surface area (Å²) in [6, 6.07) is 8.73. The lowest BCUT2D eigenvalue weighted by atomic mass is 9.96. The fraction of sp³-hybridized carbons (Fsp3) is 0.632. The number of piperidine rings is 1. The van der Waals surface area contributed by atoms with E-state index in [-0.39, 0.29) is 6.03 Å². The summed E-state index contributed by atoms with van der Waals surface area (Å²) < 4.78 is 0. The van der Waals surface area contributed by atoms with Crippen molar-refractivity contribution >= 4 is 6.03 Å². The quantitative estimate of drug-likeness (QED) is 0.922. The Morgan fingerprint density at radius 3 is 2.58 bits per heavy atom. The number of nitrogens with one attached hydrogen (secondary N) is 1. The summed E-state index contributed by atoms with van der Waals surface area (Å²) in [5.74, 6) is 0.577. The summed E-state index contributed by atoms with van der Waals surface area (Å²) >= 11 is 0. The molecule has 2 heterocycles. The lowest BCUT2D eigenvalue weighted by molar-refractivity contribution is -0.139. The van der Waals surface area contributed by atoms with E-state index in [1.54, 1.807) is 0 Å². The molecule has 0 aromatic heterocycles. The number of nitrogens with zero attached hydrogens (tertiary/aromatic N) is 2. The largest absolute Gasteiger partial charge is 0.341 e. The smallest absolute Gasteiger partial charge is 0.336 e. The first kappa shape index (κ1) is 17.2. The Bertz CT molecular complexity index is 518. The average molecular weight is 331 g/mol. The maximum absolute atomic E-state index is 12.1. The van der Waals surface area contributed by atoms with Crippen molar-refractivity contribution in [3.63, 3.8) is 0 Å². The number of hydrogen-bond acceptors (Lipinski definition) is 3. The number of hydroxylamine groups is 2. The lowest BCUT2D eigenvalue weighted by Crippen LogP contribution is -2.45. The molecule has 1 aromatic carbocycles. The number of hydrogen-bond donors (Lipinski definition) is 1. The van der Waals surface area contributed by atoms with E-state index in [4.69, 9.17) is 4.84 Å². The lowest BCUT2D eigenvalue weighted by Gasteiger charge is -2.33. The van der Waals surface area contributed by atoms with Crippen LogP contribution >= 0.6 is 0 Å². The SMILES string of the molecule is Cc1ccc(CN2CCC(CNC(=O)N3CCCCO3)CC2)cc1. The molecule has 0 unspecified atom stereocenters. The van der Waals surface area contributed by atoms with Crippen molar-refractivity contribution in [2.45, 2.75) is 39.2 Å². The van der Waals surface area contributed by atoms with Crippen LogP contribution in [0.2, 0.25) is 0 Å². The van der Waals surface area contributed by atoms with Gasteiger partial charge in [0.25, 0.3) is 0 Å². The minimum atomic E-state index is -0.0724. The van der Waals surface area contributed by atoms with Crippen LogP contribution in [0.1, 0.15) is 36.8 Å². The predicted octanol–water partition coefficient (Wildman–Crippen LogP) is 2.94. The van der Waals surface area contributed by atoms with Crippen LogP contribution in [0.4, 0.5) is 4.79 Å². The summed E-state index contributed by atoms with van der Waals surface area (Å²) in [5.41, 5.74) is 2.69. The van der Waals surface area contributed by atoms with E-state index >= 15 is 0 Å². The molecule has 24 heavy (non-hydrogen) atoms. The third-order valence-electron chi connectivity index (χ3n) is 5.01. The van der Waals surface area contributed by atoms with Crippen LogP contribution in [0.25, 0.3) is 0 Å². The summed E-state index contributed by atoms with van der Waals surface area (Å²) in [4.78, 5) is 19.9. The third-order valence-corrected chi connectivity index (χ3v) is 5.01. The van der Waals surface area contributed by atoms with Gasteiger partial charge in [-0.3, -0.25) is 9.74 Å². The molecule has 0 saturated carbocycles. The highest BCUT2D eigenvalue weighted by Crippen LogP contribution is 2.19. The van der Waals surface area contributed by atoms with Gasteiger partial charge in [0.15, 0.2) is 0 Å². The van der Waals surface area contributed by atoms with E-state index in [1.165, 1.54) is 16.2 Å². The van der Waals surface area contributed by atoms with Crippen molar-refractivity contribution < 1.29 is 9.63 Å². The first-order valence-corrected chi connectivity index (χ1v) is 9.17. The first-order valence-electron chi connectivity index (χ1n) is 9.17. The zero-order valence-electron chi connectivity index (χ0n) is 14.7. The van der Waals surface area contributed by atoms with Gasteiger partial charge in [-0.15, -0.1) is 0 Å². The molecule has 0 radical (unpaired) electrons. The van der Waals surface area contributed by atoms with Crippen LogP contribution < -0.4 is 5.32 Å². The highest BCUT2D eigenvalue weighted by atomic mass is 16.7. The maximum atomic E-state index is 12.1. The fourth-order valence-electron chi connectivity index (χ4n) is 3.38. The minimum Gasteiger partial charge on any atom is -0.336 e. The number of aryl methyl sites for hydroxylation is 1. The molecule has 5 heteroatoms. The zero-order valence-corrected chi connectivity index (χ0v) is 14.7. The topological polar surface area (TPSA) is 44.8 Å². The van der Waals surface area contributed by atoms with E-state index < -0.39 is 0 Å². The number of amides is 2. The Hall–Kier alpha value is -1.59. The van der Waals surface area contributed by atoms with Crippen LogP contribution in [0.3, 0.4) is 0 Å². The first-order chi connectivity index (χ1) is 11.7. The van der Waals surface area contributed by atoms with E-state index in [0.29, 0.717) is 19.1 Å². The van der Waals surface area contributed by atoms with Crippen molar-refractivity contribution in [3.05, 3.63) is 35.4 Å². The van der Waals surface area contributed by atoms with Crippen molar-refractivity contribution in [2.24, 2.45) is 5.92 Å². The van der Waals surface area contributed by atoms with Gasteiger partial charge >= 0.3 is 6.03 Å². The summed E-state index contributed by atoms with van der Waals surface area (Å²) in [6.07, 6.45) is 4.37. The van der Waals surface area contributed by atoms with Gasteiger partial charge < -0.3 is 5.32 Å². The van der Waals surface area contributed by atoms with Crippen LogP contribution in [-0.4, -0.2) is 48.8 Å². The van der Waals surface area contributed by atoms with Gasteiger partial charge in [0.1, 0.15) is 0 Å². The molecular formula is C19H29N3O2. The Balaban J connectivity index is 1.35. The van der Waals surface area contributed by atoms with Gasteiger partial charge in [0.2, 0.25) is 0 Å². The van der Waals surface area contributed by atoms with E-state index in [0.717, 1.165) is 51.9 Å². The molecule has 2 saturated heterocycles. The molecule has 2 amide bonds. The molecule has 0 spiro atoms. The monoisotopic (exact) mass is 331 g/mol. The number of likely N-dealkylation sites (tertiary alicyclic amines) is 1. The van der Waals surface area contributed by atoms with Gasteiger partial charge in [0, 0.05) is 13.1 Å². The molecule has 1 N–H and O–H groups in total. The van der Waals surface area contributed by atoms with E-state index in [1.807, 2.05) is 0 Å². The van der Waals surface area contributed by atoms with Crippen LogP contribution in [-0.2, 0) is 11.4 Å². The highest BCUT2D eigenvalue weighted by molar-refractivity contribution is 5.73. The molecular weight excluding hydrogens is 302 g/mol. The van der Waals surface area contributed by atoms with Gasteiger partial charge in [-0.25, -0.2) is 9.86 Å². The normalized spacial score (nSPS) is 20.1. The number of urea groups is 1. The van der Waals surface area contributed by atoms with Gasteiger partial charge in [-0.05, 0) is 57.2 Å². The summed E-state index contributed by atoms with van der Waals surface area (Å²) in [7, 11) is 0. The number of benzene rings is 1. The van der Waals surface area contributed by atoms with Crippen molar-refractivity contribution in [3.8, 4) is 0 Å². The van der Waals surface area contributed by atoms with Crippen LogP contribution in [0.15, 0.2) is 24.3 Å². The van der Waals surface area contributed by atoms with Crippen LogP contribution in [0.5, 0.6) is 0 Å². The fourth-order valence-corrected chi connectivity index (χ4v) is 3.38. The number of carbonyl (C=O) groups is 1. The van der Waals surface area contributed by atoms with Gasteiger partial charge in [0.05, 0.1) is 13.2 Å². The molecule has 0 atom stereocenters. The summed E-state index contributed by atoms with van der Waals surface area (Å²) in [5, 5.41) is 4.52. The Morgan fingerprint density at radius 1 is 1.17 bits per heavy atom. The second-order valence-corrected chi connectivity index (χ2v) is 7.03. The second-order valence-electron chi connectivity index (χ2n) is 7.03. The minimum absolute atomic E-state index is 0.0724. The van der Waals surface area contributed by atoms with Gasteiger partial charge in [-0.2, -0.15) is 0 Å². The Kier molecular flexibility index (Phi) is 6.10. The zero-order chi connectivity index (χ0) is 16.8. The Labute approximate surface area is 144 Å². The molecule has 2 fully saturated rings. The van der Waals surface area contributed by atoms with Crippen molar-refractivity contribution in [1.29, 1.82) is 0 Å². The number of rotatable bonds is 4. The predicted molar refractivity (Wildman–Crippen MR) is 94.5 cm³/mol. The molecule has 2 aliphatic rings. The highest BCUT2D eigenvalue weighted by Gasteiger charge is 2.22. The van der Waals surface area contributed by atoms with Crippen molar-refractivity contribution in [1.82, 2.24) is 15.3 Å². The molecule has 0 aliphatic carbocycles. The van der Waals surface area contributed by atoms with E-state index in [2.05, 4.69) is 41.4 Å². The van der Waals surface area contributed by atoms with E-state index in [9.17, 15) is 4.79 Å². The second kappa shape index (κ2) is 8.49. The number of carbonyl (C=O) groups excluding carboxylic acids is 1. The molecule has 5 nitrogen and oxygen atoms in total. The van der Waals surface area contributed by atoms with Gasteiger partial charge in [-0.1, -0.05) is 29.8 Å². The Morgan fingerprint density at radius 2 is 1.92 bits per heavy atom. The maximum Gasteiger partial charge on any atom is 0.341 e. The molecule has 2 aliphatic heterocycles. The molecule has 1 aromatic rings. The molecule has 0 bridgehead atoms. The molecule has 132 valence electrons. The van der Waals surface area contributed by atoms with Crippen LogP contribution in [0, 0.1) is 12.8 Å². The standard InChI is InChI=1S/C19H29N3O2/c1-16-4-6-18(7-5-16)15-21-11-8-17(9-12-21)14-20-19(23)22-10-2-3-13-24-22/h4-7,17H,2-3,8-15H2,1H3,(H,20,23). The third kappa shape index (κ3) is 4.95. The average Bonchev–Trinajstić information content (AvgIpc) is 2.63. The molecule has 3 rings (SSSR count). The van der Waals surface area contributed by atoms with Crippen molar-refractivity contribution in [2.75, 3.05) is 32.8 Å².